The minimum Gasteiger partial charge on any atom is -0.286 e. The van der Waals surface area contributed by atoms with Crippen LogP contribution in [0.25, 0.3) is 0 Å². The standard InChI is InChI=1S/C12H27O9PS6/c13-26(14,15)10-7-23-4-1-22(2-5-24-8-11-27(16,17)18)3-6-25-9-12-28(19,20)21/h1-12H2,(H,13,14,15)(H,16,17,18)(H,19,20,21). The molecule has 0 radical (unpaired) electrons. The Bertz CT molecular complexity index is 623. The predicted molar refractivity (Wildman–Crippen MR) is 123 cm³/mol. The molecule has 0 unspecified atom stereocenters. The Morgan fingerprint density at radius 1 is 0.500 bits per heavy atom. The topological polar surface area (TPSA) is 163 Å². The van der Waals surface area contributed by atoms with E-state index < -0.39 is 38.3 Å². The van der Waals surface area contributed by atoms with Gasteiger partial charge in [0.05, 0.1) is 17.3 Å². The summed E-state index contributed by atoms with van der Waals surface area (Å²) in [5.41, 5.74) is 0. The molecule has 0 aliphatic carbocycles. The Morgan fingerprint density at radius 2 is 0.750 bits per heavy atom. The van der Waals surface area contributed by atoms with Crippen molar-refractivity contribution in [2.45, 2.75) is 0 Å². The fourth-order valence-electron chi connectivity index (χ4n) is 1.72. The van der Waals surface area contributed by atoms with Gasteiger partial charge < -0.3 is 0 Å². The van der Waals surface area contributed by atoms with E-state index in [1.807, 2.05) is 0 Å². The van der Waals surface area contributed by atoms with Crippen molar-refractivity contribution in [1.29, 1.82) is 0 Å². The molecule has 0 rings (SSSR count). The third kappa shape index (κ3) is 23.5. The third-order valence-electron chi connectivity index (χ3n) is 3.11. The Balaban J connectivity index is 4.17. The van der Waals surface area contributed by atoms with Gasteiger partial charge in [0.15, 0.2) is 0 Å². The minimum absolute atomic E-state index is 0.285. The maximum atomic E-state index is 10.7. The van der Waals surface area contributed by atoms with Crippen LogP contribution in [0, 0.1) is 0 Å². The Labute approximate surface area is 182 Å². The van der Waals surface area contributed by atoms with Gasteiger partial charge in [-0.15, -0.1) is 7.92 Å². The molecule has 0 bridgehead atoms. The van der Waals surface area contributed by atoms with Crippen molar-refractivity contribution in [3.8, 4) is 0 Å². The van der Waals surface area contributed by atoms with E-state index in [9.17, 15) is 25.3 Å². The minimum atomic E-state index is -3.95. The fourth-order valence-corrected chi connectivity index (χ4v) is 11.6. The summed E-state index contributed by atoms with van der Waals surface area (Å²) in [7, 11) is -12.2. The first-order valence-electron chi connectivity index (χ1n) is 8.09. The molecule has 0 fully saturated rings. The lowest BCUT2D eigenvalue weighted by atomic mass is 10.9. The molecule has 9 nitrogen and oxygen atoms in total. The van der Waals surface area contributed by atoms with Crippen LogP contribution >= 0.6 is 43.2 Å². The van der Waals surface area contributed by atoms with E-state index in [1.54, 1.807) is 0 Å². The molecular formula is C12H27O9PS6. The van der Waals surface area contributed by atoms with E-state index in [0.717, 1.165) is 35.7 Å². The first-order chi connectivity index (χ1) is 12.8. The van der Waals surface area contributed by atoms with E-state index in [1.165, 1.54) is 35.3 Å². The van der Waals surface area contributed by atoms with Crippen LogP contribution in [0.5, 0.6) is 0 Å². The van der Waals surface area contributed by atoms with Gasteiger partial charge in [0, 0.05) is 17.3 Å². The molecule has 0 aliphatic heterocycles. The van der Waals surface area contributed by atoms with Crippen LogP contribution in [0.1, 0.15) is 0 Å². The summed E-state index contributed by atoms with van der Waals surface area (Å²) in [6.07, 6.45) is 2.63. The summed E-state index contributed by atoms with van der Waals surface area (Å²) < 4.78 is 90.3. The molecule has 0 spiro atoms. The zero-order valence-corrected chi connectivity index (χ0v) is 21.0. The molecule has 3 N–H and O–H groups in total. The lowest BCUT2D eigenvalue weighted by Crippen LogP contribution is -2.09. The molecule has 0 aromatic rings. The fraction of sp³-hybridized carbons (Fsp3) is 1.00. The maximum absolute atomic E-state index is 10.7. The van der Waals surface area contributed by atoms with Crippen molar-refractivity contribution in [2.24, 2.45) is 0 Å². The second-order valence-electron chi connectivity index (χ2n) is 5.54. The first-order valence-corrected chi connectivity index (χ1v) is 18.3. The SMILES string of the molecule is O=S(=O)(O)CCSCCP(CCSCCS(=O)(=O)O)CCSCCS(=O)(=O)O. The van der Waals surface area contributed by atoms with Gasteiger partial charge in [-0.25, -0.2) is 0 Å². The number of hydrogen-bond acceptors (Lipinski definition) is 9. The number of hydrogen-bond donors (Lipinski definition) is 3. The van der Waals surface area contributed by atoms with E-state index in [2.05, 4.69) is 0 Å². The predicted octanol–water partition coefficient (Wildman–Crippen LogP) is 1.33. The summed E-state index contributed by atoms with van der Waals surface area (Å²) in [4.78, 5) is 0. The van der Waals surface area contributed by atoms with Crippen LogP contribution in [0.3, 0.4) is 0 Å². The van der Waals surface area contributed by atoms with Crippen molar-refractivity contribution in [3.63, 3.8) is 0 Å². The van der Waals surface area contributed by atoms with Crippen LogP contribution in [-0.4, -0.2) is 109 Å². The van der Waals surface area contributed by atoms with Gasteiger partial charge >= 0.3 is 0 Å². The summed E-state index contributed by atoms with van der Waals surface area (Å²) in [5.74, 6) is 2.31. The van der Waals surface area contributed by atoms with Gasteiger partial charge in [-0.1, -0.05) is 0 Å². The molecular weight excluding hydrogens is 511 g/mol. The molecule has 0 aliphatic rings. The second-order valence-corrected chi connectivity index (χ2v) is 16.6. The molecule has 0 atom stereocenters. The van der Waals surface area contributed by atoms with Gasteiger partial charge in [-0.3, -0.25) is 13.7 Å². The number of thioether (sulfide) groups is 3. The normalized spacial score (nSPS) is 13.3. The zero-order chi connectivity index (χ0) is 21.7. The van der Waals surface area contributed by atoms with E-state index in [4.69, 9.17) is 13.7 Å². The molecule has 0 saturated heterocycles. The van der Waals surface area contributed by atoms with Crippen LogP contribution in [0.15, 0.2) is 0 Å². The summed E-state index contributed by atoms with van der Waals surface area (Å²) >= 11 is 4.32. The molecule has 170 valence electrons. The summed E-state index contributed by atoms with van der Waals surface area (Å²) in [5, 5.41) is 0. The molecule has 28 heavy (non-hydrogen) atoms. The molecule has 0 aromatic heterocycles. The van der Waals surface area contributed by atoms with Crippen LogP contribution in [0.4, 0.5) is 0 Å². The number of rotatable bonds is 18. The van der Waals surface area contributed by atoms with E-state index in [-0.39, 0.29) is 17.3 Å². The average molecular weight is 539 g/mol. The largest absolute Gasteiger partial charge is 0.286 e. The van der Waals surface area contributed by atoms with Crippen molar-refractivity contribution >= 4 is 73.6 Å². The second kappa shape index (κ2) is 15.1. The highest BCUT2D eigenvalue weighted by atomic mass is 32.2. The lowest BCUT2D eigenvalue weighted by Gasteiger charge is -2.17. The molecule has 16 heteroatoms. The van der Waals surface area contributed by atoms with E-state index >= 15 is 0 Å². The van der Waals surface area contributed by atoms with Gasteiger partial charge in [0.1, 0.15) is 0 Å². The summed E-state index contributed by atoms with van der Waals surface area (Å²) in [6.45, 7) is 0. The van der Waals surface area contributed by atoms with Crippen LogP contribution < -0.4 is 0 Å². The highest BCUT2D eigenvalue weighted by Gasteiger charge is 2.11. The smallest absolute Gasteiger partial charge is 0.265 e. The van der Waals surface area contributed by atoms with Gasteiger partial charge in [0.2, 0.25) is 0 Å². The molecule has 0 amide bonds. The Hall–Kier alpha value is 1.21. The van der Waals surface area contributed by atoms with Crippen LogP contribution in [0.2, 0.25) is 0 Å². The maximum Gasteiger partial charge on any atom is 0.265 e. The van der Waals surface area contributed by atoms with Crippen molar-refractivity contribution in [2.75, 3.05) is 70.3 Å². The quantitative estimate of drug-likeness (QED) is 0.130. The Morgan fingerprint density at radius 3 is 0.964 bits per heavy atom. The lowest BCUT2D eigenvalue weighted by molar-refractivity contribution is 0.483. The van der Waals surface area contributed by atoms with Crippen molar-refractivity contribution in [3.05, 3.63) is 0 Å². The monoisotopic (exact) mass is 538 g/mol. The molecule has 0 saturated carbocycles. The van der Waals surface area contributed by atoms with Crippen molar-refractivity contribution in [1.82, 2.24) is 0 Å². The highest BCUT2D eigenvalue weighted by Crippen LogP contribution is 2.37. The first kappa shape index (κ1) is 29.2. The van der Waals surface area contributed by atoms with Crippen molar-refractivity contribution < 1.29 is 38.9 Å². The Kier molecular flexibility index (Phi) is 15.7. The zero-order valence-electron chi connectivity index (χ0n) is 15.2. The van der Waals surface area contributed by atoms with Gasteiger partial charge in [-0.2, -0.15) is 60.5 Å². The van der Waals surface area contributed by atoms with Crippen LogP contribution in [-0.2, 0) is 30.4 Å². The molecule has 0 heterocycles. The highest BCUT2D eigenvalue weighted by molar-refractivity contribution is 8.01. The third-order valence-corrected chi connectivity index (χ3v) is 12.5. The van der Waals surface area contributed by atoms with Gasteiger partial charge in [-0.05, 0) is 35.7 Å². The summed E-state index contributed by atoms with van der Waals surface area (Å²) in [6, 6.07) is 0. The van der Waals surface area contributed by atoms with E-state index in [0.29, 0.717) is 17.3 Å². The molecule has 0 aromatic carbocycles. The van der Waals surface area contributed by atoms with Gasteiger partial charge in [0.25, 0.3) is 30.4 Å². The average Bonchev–Trinajstić information content (AvgIpc) is 2.49.